The van der Waals surface area contributed by atoms with Crippen LogP contribution in [-0.2, 0) is 6.54 Å². The molecule has 0 radical (unpaired) electrons. The molecule has 1 aliphatic rings. The van der Waals surface area contributed by atoms with Crippen molar-refractivity contribution in [1.29, 1.82) is 0 Å². The van der Waals surface area contributed by atoms with E-state index in [1.54, 1.807) is 0 Å². The number of aromatic nitrogens is 2. The van der Waals surface area contributed by atoms with Gasteiger partial charge in [-0.2, -0.15) is 4.98 Å². The third kappa shape index (κ3) is 3.20. The second-order valence-electron chi connectivity index (χ2n) is 6.31. The number of rotatable bonds is 5. The number of hydrogen-bond donors (Lipinski definition) is 1. The van der Waals surface area contributed by atoms with E-state index in [0.717, 1.165) is 38.3 Å². The summed E-state index contributed by atoms with van der Waals surface area (Å²) in [6, 6.07) is 0.528. The normalized spacial score (nSPS) is 23.4. The molecule has 20 heavy (non-hydrogen) atoms. The zero-order valence-corrected chi connectivity index (χ0v) is 13.4. The minimum Gasteiger partial charge on any atom is -0.340 e. The summed E-state index contributed by atoms with van der Waals surface area (Å²) in [4.78, 5) is 6.88. The standard InChI is InChI=1S/C15H28N4O/c1-6-15(7-2)10-19(13(8-16-15)11(3)4)9-14-17-12(5)20-18-14/h11,13,16H,6-10H2,1-5H3. The molecule has 1 aliphatic heterocycles. The second-order valence-corrected chi connectivity index (χ2v) is 6.31. The van der Waals surface area contributed by atoms with Gasteiger partial charge in [-0.15, -0.1) is 0 Å². The van der Waals surface area contributed by atoms with Gasteiger partial charge < -0.3 is 9.84 Å². The molecule has 1 atom stereocenters. The molecule has 0 aromatic carbocycles. The zero-order valence-electron chi connectivity index (χ0n) is 13.4. The Bertz CT molecular complexity index is 425. The van der Waals surface area contributed by atoms with E-state index in [4.69, 9.17) is 4.52 Å². The van der Waals surface area contributed by atoms with Crippen molar-refractivity contribution < 1.29 is 4.52 Å². The third-order valence-corrected chi connectivity index (χ3v) is 4.70. The summed E-state index contributed by atoms with van der Waals surface area (Å²) in [5.41, 5.74) is 0.226. The molecule has 1 saturated heterocycles. The van der Waals surface area contributed by atoms with Gasteiger partial charge in [-0.3, -0.25) is 4.90 Å². The Hall–Kier alpha value is -0.940. The van der Waals surface area contributed by atoms with Crippen molar-refractivity contribution in [2.75, 3.05) is 13.1 Å². The topological polar surface area (TPSA) is 54.2 Å². The molecule has 0 amide bonds. The van der Waals surface area contributed by atoms with E-state index in [1.807, 2.05) is 6.92 Å². The van der Waals surface area contributed by atoms with Gasteiger partial charge in [-0.05, 0) is 18.8 Å². The second kappa shape index (κ2) is 6.22. The van der Waals surface area contributed by atoms with Crippen LogP contribution in [0.1, 0.15) is 52.3 Å². The quantitative estimate of drug-likeness (QED) is 0.897. The van der Waals surface area contributed by atoms with Gasteiger partial charge in [0.05, 0.1) is 6.54 Å². The molecule has 2 heterocycles. The molecule has 5 heteroatoms. The highest BCUT2D eigenvalue weighted by Crippen LogP contribution is 2.26. The van der Waals surface area contributed by atoms with Gasteiger partial charge in [0.15, 0.2) is 5.82 Å². The van der Waals surface area contributed by atoms with E-state index in [9.17, 15) is 0 Å². The van der Waals surface area contributed by atoms with Crippen molar-refractivity contribution in [1.82, 2.24) is 20.4 Å². The van der Waals surface area contributed by atoms with Crippen molar-refractivity contribution in [3.05, 3.63) is 11.7 Å². The number of aryl methyl sites for hydroxylation is 1. The molecule has 1 unspecified atom stereocenters. The van der Waals surface area contributed by atoms with Crippen LogP contribution in [0.25, 0.3) is 0 Å². The summed E-state index contributed by atoms with van der Waals surface area (Å²) >= 11 is 0. The third-order valence-electron chi connectivity index (χ3n) is 4.70. The molecule has 2 rings (SSSR count). The summed E-state index contributed by atoms with van der Waals surface area (Å²) < 4.78 is 5.10. The molecule has 0 spiro atoms. The molecule has 1 aromatic rings. The predicted molar refractivity (Wildman–Crippen MR) is 79.4 cm³/mol. The summed E-state index contributed by atoms with van der Waals surface area (Å²) in [6.45, 7) is 13.8. The van der Waals surface area contributed by atoms with Gasteiger partial charge in [0.2, 0.25) is 5.89 Å². The maximum Gasteiger partial charge on any atom is 0.223 e. The molecule has 114 valence electrons. The Morgan fingerprint density at radius 1 is 1.40 bits per heavy atom. The highest BCUT2D eigenvalue weighted by atomic mass is 16.5. The smallest absolute Gasteiger partial charge is 0.223 e. The van der Waals surface area contributed by atoms with Gasteiger partial charge in [0.25, 0.3) is 0 Å². The lowest BCUT2D eigenvalue weighted by Gasteiger charge is -2.48. The van der Waals surface area contributed by atoms with Crippen LogP contribution in [0.4, 0.5) is 0 Å². The van der Waals surface area contributed by atoms with Crippen LogP contribution in [0, 0.1) is 12.8 Å². The molecule has 0 bridgehead atoms. The Morgan fingerprint density at radius 2 is 2.10 bits per heavy atom. The van der Waals surface area contributed by atoms with Crippen LogP contribution < -0.4 is 5.32 Å². The highest BCUT2D eigenvalue weighted by molar-refractivity contribution is 4.99. The van der Waals surface area contributed by atoms with E-state index in [1.165, 1.54) is 0 Å². The maximum absolute atomic E-state index is 5.10. The molecule has 5 nitrogen and oxygen atoms in total. The monoisotopic (exact) mass is 280 g/mol. The van der Waals surface area contributed by atoms with Crippen molar-refractivity contribution in [3.63, 3.8) is 0 Å². The first-order valence-corrected chi connectivity index (χ1v) is 7.78. The largest absolute Gasteiger partial charge is 0.340 e. The molecular formula is C15H28N4O. The van der Waals surface area contributed by atoms with Crippen molar-refractivity contribution in [2.24, 2.45) is 5.92 Å². The number of hydrogen-bond acceptors (Lipinski definition) is 5. The molecular weight excluding hydrogens is 252 g/mol. The minimum absolute atomic E-state index is 0.226. The molecule has 1 aromatic heterocycles. The maximum atomic E-state index is 5.10. The summed E-state index contributed by atoms with van der Waals surface area (Å²) in [6.07, 6.45) is 2.30. The van der Waals surface area contributed by atoms with Gasteiger partial charge in [0, 0.05) is 31.6 Å². The number of nitrogens with one attached hydrogen (secondary N) is 1. The molecule has 0 aliphatic carbocycles. The zero-order chi connectivity index (χ0) is 14.8. The van der Waals surface area contributed by atoms with Gasteiger partial charge in [-0.25, -0.2) is 0 Å². The summed E-state index contributed by atoms with van der Waals surface area (Å²) in [5.74, 6) is 2.06. The van der Waals surface area contributed by atoms with Gasteiger partial charge >= 0.3 is 0 Å². The van der Waals surface area contributed by atoms with Gasteiger partial charge in [0.1, 0.15) is 0 Å². The fourth-order valence-electron chi connectivity index (χ4n) is 3.15. The van der Waals surface area contributed by atoms with Crippen LogP contribution in [0.3, 0.4) is 0 Å². The predicted octanol–water partition coefficient (Wildman–Crippen LogP) is 2.37. The van der Waals surface area contributed by atoms with E-state index in [2.05, 4.69) is 48.1 Å². The average Bonchev–Trinajstić information content (AvgIpc) is 2.83. The highest BCUT2D eigenvalue weighted by Gasteiger charge is 2.38. The fourth-order valence-corrected chi connectivity index (χ4v) is 3.15. The first-order chi connectivity index (χ1) is 9.49. The fraction of sp³-hybridized carbons (Fsp3) is 0.867. The minimum atomic E-state index is 0.226. The van der Waals surface area contributed by atoms with Crippen LogP contribution in [0.2, 0.25) is 0 Å². The van der Waals surface area contributed by atoms with Crippen LogP contribution in [-0.4, -0.2) is 39.7 Å². The van der Waals surface area contributed by atoms with Crippen LogP contribution in [0.5, 0.6) is 0 Å². The molecule has 1 fully saturated rings. The Labute approximate surface area is 122 Å². The number of nitrogens with zero attached hydrogens (tertiary/aromatic N) is 3. The van der Waals surface area contributed by atoms with E-state index >= 15 is 0 Å². The van der Waals surface area contributed by atoms with Crippen LogP contribution >= 0.6 is 0 Å². The number of piperazine rings is 1. The van der Waals surface area contributed by atoms with Crippen molar-refractivity contribution in [2.45, 2.75) is 65.6 Å². The van der Waals surface area contributed by atoms with Crippen molar-refractivity contribution in [3.8, 4) is 0 Å². The Balaban J connectivity index is 2.14. The summed E-state index contributed by atoms with van der Waals surface area (Å²) in [5, 5.41) is 7.83. The van der Waals surface area contributed by atoms with Crippen molar-refractivity contribution >= 4 is 0 Å². The SMILES string of the molecule is CCC1(CC)CN(Cc2noc(C)n2)C(C(C)C)CN1. The van der Waals surface area contributed by atoms with Gasteiger partial charge in [-0.1, -0.05) is 32.9 Å². The van der Waals surface area contributed by atoms with E-state index in [0.29, 0.717) is 17.9 Å². The average molecular weight is 280 g/mol. The summed E-state index contributed by atoms with van der Waals surface area (Å²) in [7, 11) is 0. The lowest BCUT2D eigenvalue weighted by molar-refractivity contribution is 0.0419. The Morgan fingerprint density at radius 3 is 2.60 bits per heavy atom. The van der Waals surface area contributed by atoms with Crippen LogP contribution in [0.15, 0.2) is 4.52 Å². The van der Waals surface area contributed by atoms with E-state index < -0.39 is 0 Å². The Kier molecular flexibility index (Phi) is 4.81. The van der Waals surface area contributed by atoms with E-state index in [-0.39, 0.29) is 5.54 Å². The lowest BCUT2D eigenvalue weighted by atomic mass is 9.86. The molecule has 1 N–H and O–H groups in total. The first kappa shape index (κ1) is 15.4. The molecule has 0 saturated carbocycles. The lowest BCUT2D eigenvalue weighted by Crippen LogP contribution is -2.64. The first-order valence-electron chi connectivity index (χ1n) is 7.78.